The van der Waals surface area contributed by atoms with Gasteiger partial charge in [0, 0.05) is 25.6 Å². The summed E-state index contributed by atoms with van der Waals surface area (Å²) in [6.07, 6.45) is 0.341. The van der Waals surface area contributed by atoms with Crippen molar-refractivity contribution < 1.29 is 14.3 Å². The Balaban J connectivity index is 1.36. The summed E-state index contributed by atoms with van der Waals surface area (Å²) in [6.45, 7) is 5.54. The molecule has 0 radical (unpaired) electrons. The van der Waals surface area contributed by atoms with Crippen LogP contribution in [0.25, 0.3) is 0 Å². The number of hydrogen-bond acceptors (Lipinski definition) is 4. The van der Waals surface area contributed by atoms with E-state index in [1.807, 2.05) is 182 Å². The topological polar surface area (TPSA) is 61.9 Å². The Kier molecular flexibility index (Phi) is 14.1. The lowest BCUT2D eigenvalue weighted by Gasteiger charge is -2.48. The normalized spacial score (nSPS) is 12.6. The van der Waals surface area contributed by atoms with E-state index in [1.54, 1.807) is 0 Å². The van der Waals surface area contributed by atoms with Crippen LogP contribution >= 0.6 is 0 Å². The van der Waals surface area contributed by atoms with Gasteiger partial charge in [-0.15, -0.1) is 0 Å². The molecule has 2 unspecified atom stereocenters. The van der Waals surface area contributed by atoms with Gasteiger partial charge in [-0.2, -0.15) is 0 Å². The minimum atomic E-state index is -1.06. The van der Waals surface area contributed by atoms with Gasteiger partial charge >= 0.3 is 0 Å². The van der Waals surface area contributed by atoms with Gasteiger partial charge in [0.1, 0.15) is 18.4 Å². The molecular weight excluding hydrogens is 763 g/mol. The molecule has 0 aromatic heterocycles. The summed E-state index contributed by atoms with van der Waals surface area (Å²) in [5, 5.41) is 3.38. The van der Waals surface area contributed by atoms with Crippen molar-refractivity contribution in [2.24, 2.45) is 0 Å². The van der Waals surface area contributed by atoms with Crippen molar-refractivity contribution in [2.75, 3.05) is 20.6 Å². The molecule has 0 saturated heterocycles. The summed E-state index contributed by atoms with van der Waals surface area (Å²) in [5.74, 6) is 0.468. The highest BCUT2D eigenvalue weighted by atomic mass is 16.5. The maximum absolute atomic E-state index is 15.9. The van der Waals surface area contributed by atoms with Gasteiger partial charge in [0.15, 0.2) is 0 Å². The minimum absolute atomic E-state index is 0.111. The molecule has 6 nitrogen and oxygen atoms in total. The zero-order chi connectivity index (χ0) is 43.4. The van der Waals surface area contributed by atoms with Crippen LogP contribution in [0, 0.1) is 0 Å². The molecule has 0 heterocycles. The zero-order valence-electron chi connectivity index (χ0n) is 36.2. The minimum Gasteiger partial charge on any atom is -0.489 e. The highest BCUT2D eigenvalue weighted by Gasteiger charge is 2.52. The second kappa shape index (κ2) is 20.2. The summed E-state index contributed by atoms with van der Waals surface area (Å²) in [4.78, 5) is 35.0. The second-order valence-electron chi connectivity index (χ2n) is 16.8. The van der Waals surface area contributed by atoms with Crippen molar-refractivity contribution in [3.63, 3.8) is 0 Å². The summed E-state index contributed by atoms with van der Waals surface area (Å²) < 4.78 is 6.16. The molecule has 314 valence electrons. The van der Waals surface area contributed by atoms with E-state index in [0.717, 1.165) is 44.7 Å². The fourth-order valence-electron chi connectivity index (χ4n) is 8.59. The van der Waals surface area contributed by atoms with Crippen LogP contribution in [0.3, 0.4) is 0 Å². The van der Waals surface area contributed by atoms with E-state index in [4.69, 9.17) is 4.74 Å². The molecule has 1 N–H and O–H groups in total. The van der Waals surface area contributed by atoms with Crippen LogP contribution in [-0.2, 0) is 40.0 Å². The van der Waals surface area contributed by atoms with Crippen LogP contribution in [0.2, 0.25) is 0 Å². The van der Waals surface area contributed by atoms with E-state index >= 15 is 9.59 Å². The van der Waals surface area contributed by atoms with Crippen molar-refractivity contribution in [3.8, 4) is 5.75 Å². The van der Waals surface area contributed by atoms with Gasteiger partial charge < -0.3 is 15.0 Å². The van der Waals surface area contributed by atoms with Crippen LogP contribution in [0.5, 0.6) is 5.75 Å². The molecule has 0 aliphatic carbocycles. The van der Waals surface area contributed by atoms with E-state index in [9.17, 15) is 0 Å². The summed E-state index contributed by atoms with van der Waals surface area (Å²) >= 11 is 0. The molecule has 7 aromatic rings. The summed E-state index contributed by atoms with van der Waals surface area (Å²) in [6, 6.07) is 67.6. The molecule has 7 rings (SSSR count). The third kappa shape index (κ3) is 10.0. The van der Waals surface area contributed by atoms with Crippen molar-refractivity contribution in [1.82, 2.24) is 15.1 Å². The third-order valence-electron chi connectivity index (χ3n) is 12.0. The average Bonchev–Trinajstić information content (AvgIpc) is 3.33. The van der Waals surface area contributed by atoms with Gasteiger partial charge in [0.05, 0.1) is 11.5 Å². The lowest BCUT2D eigenvalue weighted by molar-refractivity contribution is -0.140. The quantitative estimate of drug-likeness (QED) is 0.0877. The van der Waals surface area contributed by atoms with E-state index in [1.165, 1.54) is 0 Å². The van der Waals surface area contributed by atoms with E-state index in [2.05, 4.69) is 67.7 Å². The molecular formula is C56H57N3O3. The number of rotatable bonds is 18. The standard InChI is InChI=1S/C56H57N3O3/c1-55(2,46-27-15-7-16-28-46)42-57-53(60)51(39-43-35-37-50(38-36-43)62-41-45-25-13-6-14-26-45)59(4)52(54(61)58(3)40-44-23-11-5-12-24-44)56(47-29-17-8-18-30-47,48-31-19-9-20-32-48)49-33-21-10-22-34-49/h5-38,51-52H,39-42H2,1-4H3,(H,57,60). The molecule has 0 bridgehead atoms. The number of carbonyl (C=O) groups is 2. The molecule has 6 heteroatoms. The van der Waals surface area contributed by atoms with Gasteiger partial charge in [-0.1, -0.05) is 208 Å². The van der Waals surface area contributed by atoms with Crippen molar-refractivity contribution in [2.45, 2.75) is 56.3 Å². The predicted octanol–water partition coefficient (Wildman–Crippen LogP) is 10.3. The zero-order valence-corrected chi connectivity index (χ0v) is 36.2. The van der Waals surface area contributed by atoms with Crippen LogP contribution in [0.15, 0.2) is 206 Å². The number of carbonyl (C=O) groups excluding carboxylic acids is 2. The number of amides is 2. The van der Waals surface area contributed by atoms with E-state index in [-0.39, 0.29) is 17.2 Å². The second-order valence-corrected chi connectivity index (χ2v) is 16.8. The number of nitrogens with one attached hydrogen (secondary N) is 1. The fraction of sp³-hybridized carbons (Fsp3) is 0.214. The molecule has 7 aromatic carbocycles. The number of benzene rings is 7. The first-order valence-corrected chi connectivity index (χ1v) is 21.4. The summed E-state index contributed by atoms with van der Waals surface area (Å²) in [5.41, 5.74) is 5.59. The lowest BCUT2D eigenvalue weighted by atomic mass is 9.63. The first-order valence-electron chi connectivity index (χ1n) is 21.4. The highest BCUT2D eigenvalue weighted by Crippen LogP contribution is 2.45. The maximum atomic E-state index is 15.9. The van der Waals surface area contributed by atoms with Gasteiger partial charge in [-0.3, -0.25) is 14.5 Å². The number of nitrogens with zero attached hydrogens (tertiary/aromatic N) is 2. The van der Waals surface area contributed by atoms with Gasteiger partial charge in [-0.05, 0) is 64.5 Å². The third-order valence-corrected chi connectivity index (χ3v) is 12.0. The highest BCUT2D eigenvalue weighted by molar-refractivity contribution is 5.88. The summed E-state index contributed by atoms with van der Waals surface area (Å²) in [7, 11) is 3.82. The first kappa shape index (κ1) is 43.3. The first-order chi connectivity index (χ1) is 30.2. The Hall–Kier alpha value is -6.76. The Morgan fingerprint density at radius 2 is 0.952 bits per heavy atom. The Morgan fingerprint density at radius 1 is 0.532 bits per heavy atom. The Morgan fingerprint density at radius 3 is 1.42 bits per heavy atom. The van der Waals surface area contributed by atoms with Gasteiger partial charge in [-0.25, -0.2) is 0 Å². The molecule has 0 aliphatic rings. The van der Waals surface area contributed by atoms with Gasteiger partial charge in [0.25, 0.3) is 0 Å². The van der Waals surface area contributed by atoms with E-state index < -0.39 is 17.5 Å². The van der Waals surface area contributed by atoms with Crippen LogP contribution in [0.4, 0.5) is 0 Å². The van der Waals surface area contributed by atoms with E-state index in [0.29, 0.717) is 26.1 Å². The molecule has 62 heavy (non-hydrogen) atoms. The Bertz CT molecular complexity index is 2350. The number of hydrogen-bond donors (Lipinski definition) is 1. The van der Waals surface area contributed by atoms with Gasteiger partial charge in [0.2, 0.25) is 11.8 Å². The fourth-order valence-corrected chi connectivity index (χ4v) is 8.59. The van der Waals surface area contributed by atoms with Crippen molar-refractivity contribution in [1.29, 1.82) is 0 Å². The number of ether oxygens (including phenoxy) is 1. The van der Waals surface area contributed by atoms with Crippen LogP contribution in [0.1, 0.15) is 52.8 Å². The molecule has 0 spiro atoms. The van der Waals surface area contributed by atoms with Crippen LogP contribution < -0.4 is 10.1 Å². The molecule has 0 fully saturated rings. The molecule has 0 saturated carbocycles. The molecule has 2 atom stereocenters. The Labute approximate surface area is 367 Å². The van der Waals surface area contributed by atoms with Crippen molar-refractivity contribution >= 4 is 11.8 Å². The maximum Gasteiger partial charge on any atom is 0.241 e. The monoisotopic (exact) mass is 819 g/mol. The SMILES string of the molecule is CN(Cc1ccccc1)C(=O)C(N(C)C(Cc1ccc(OCc2ccccc2)cc1)C(=O)NCC(C)(C)c1ccccc1)C(c1ccccc1)(c1ccccc1)c1ccccc1. The lowest BCUT2D eigenvalue weighted by Crippen LogP contribution is -2.63. The van der Waals surface area contributed by atoms with Crippen LogP contribution in [-0.4, -0.2) is 54.3 Å². The van der Waals surface area contributed by atoms with Crippen molar-refractivity contribution in [3.05, 3.63) is 245 Å². The predicted molar refractivity (Wildman–Crippen MR) is 251 cm³/mol. The largest absolute Gasteiger partial charge is 0.489 e. The molecule has 2 amide bonds. The smallest absolute Gasteiger partial charge is 0.241 e. The average molecular weight is 820 g/mol. The number of likely N-dealkylation sites (N-methyl/N-ethyl adjacent to an activating group) is 2. The molecule has 0 aliphatic heterocycles.